The molecule has 1 aromatic rings. The third kappa shape index (κ3) is 11.1. The zero-order chi connectivity index (χ0) is 13.6. The molecular formula is C11H17MnO5-. The van der Waals surface area contributed by atoms with Crippen LogP contribution in [0.3, 0.4) is 0 Å². The SMILES string of the molecule is C=O.C=O.C=O.Cc1ccc[c-]1C(O)CO.[Mn]. The van der Waals surface area contributed by atoms with Gasteiger partial charge >= 0.3 is 0 Å². The molecule has 0 saturated heterocycles. The average molecular weight is 284 g/mol. The Morgan fingerprint density at radius 1 is 1.24 bits per heavy atom. The van der Waals surface area contributed by atoms with Crippen LogP contribution in [0.25, 0.3) is 0 Å². The van der Waals surface area contributed by atoms with E-state index in [0.717, 1.165) is 11.1 Å². The van der Waals surface area contributed by atoms with Crippen molar-refractivity contribution in [1.82, 2.24) is 0 Å². The smallest absolute Gasteiger partial charge is 0.106 e. The van der Waals surface area contributed by atoms with E-state index in [2.05, 4.69) is 0 Å². The summed E-state index contributed by atoms with van der Waals surface area (Å²) in [5.74, 6) is 0. The second-order valence-corrected chi connectivity index (χ2v) is 2.36. The third-order valence-electron chi connectivity index (χ3n) is 1.61. The molecule has 99 valence electrons. The van der Waals surface area contributed by atoms with Crippen LogP contribution < -0.4 is 0 Å². The molecule has 1 aromatic carbocycles. The molecule has 0 fully saturated rings. The van der Waals surface area contributed by atoms with Gasteiger partial charge in [-0.15, -0.1) is 5.56 Å². The Bertz CT molecular complexity index is 247. The van der Waals surface area contributed by atoms with Crippen LogP contribution in [0.5, 0.6) is 0 Å². The van der Waals surface area contributed by atoms with Gasteiger partial charge in [0.15, 0.2) is 0 Å². The van der Waals surface area contributed by atoms with Crippen LogP contribution in [0, 0.1) is 6.92 Å². The van der Waals surface area contributed by atoms with Gasteiger partial charge in [0.2, 0.25) is 0 Å². The molecule has 1 atom stereocenters. The maximum atomic E-state index is 9.15. The molecule has 6 heteroatoms. The van der Waals surface area contributed by atoms with Crippen LogP contribution in [-0.2, 0) is 31.5 Å². The summed E-state index contributed by atoms with van der Waals surface area (Å²) in [6, 6.07) is 5.59. The number of hydrogen-bond acceptors (Lipinski definition) is 5. The Kier molecular flexibility index (Phi) is 29.6. The number of aryl methyl sites for hydroxylation is 1. The first kappa shape index (κ1) is 24.9. The summed E-state index contributed by atoms with van der Waals surface area (Å²) in [7, 11) is 0. The fraction of sp³-hybridized carbons (Fsp3) is 0.273. The minimum Gasteiger partial charge on any atom is -0.398 e. The predicted molar refractivity (Wildman–Crippen MR) is 60.2 cm³/mol. The average Bonchev–Trinajstić information content (AvgIpc) is 2.82. The number of carbonyl (C=O) groups excluding carboxylic acids is 3. The summed E-state index contributed by atoms with van der Waals surface area (Å²) >= 11 is 0. The van der Waals surface area contributed by atoms with E-state index in [9.17, 15) is 0 Å². The summed E-state index contributed by atoms with van der Waals surface area (Å²) in [5.41, 5.74) is 1.85. The first-order chi connectivity index (χ1) is 7.75. The second-order valence-electron chi connectivity index (χ2n) is 2.36. The first-order valence-electron chi connectivity index (χ1n) is 4.13. The van der Waals surface area contributed by atoms with Crippen molar-refractivity contribution in [2.75, 3.05) is 6.61 Å². The van der Waals surface area contributed by atoms with E-state index >= 15 is 0 Å². The third-order valence-corrected chi connectivity index (χ3v) is 1.61. The van der Waals surface area contributed by atoms with Gasteiger partial charge in [0.25, 0.3) is 0 Å². The standard InChI is InChI=1S/C8H11O2.3CH2O.Mn/c1-6-3-2-4-7(6)8(10)5-9;3*1-2;/h2-4,8-10H,5H2,1H3;3*1H2;/q-1;;;;. The van der Waals surface area contributed by atoms with E-state index in [1.165, 1.54) is 0 Å². The van der Waals surface area contributed by atoms with Crippen molar-refractivity contribution in [3.05, 3.63) is 29.3 Å². The molecule has 1 unspecified atom stereocenters. The monoisotopic (exact) mass is 284 g/mol. The quantitative estimate of drug-likeness (QED) is 0.597. The summed E-state index contributed by atoms with van der Waals surface area (Å²) in [5, 5.41) is 17.7. The van der Waals surface area contributed by atoms with E-state index in [1.807, 2.05) is 45.5 Å². The van der Waals surface area contributed by atoms with Gasteiger partial charge in [-0.25, -0.2) is 12.1 Å². The van der Waals surface area contributed by atoms with Crippen molar-refractivity contribution in [3.63, 3.8) is 0 Å². The minimum atomic E-state index is -0.713. The predicted octanol–water partition coefficient (Wildman–Crippen LogP) is 0.182. The van der Waals surface area contributed by atoms with Crippen molar-refractivity contribution < 1.29 is 41.7 Å². The molecule has 2 N–H and O–H groups in total. The molecular weight excluding hydrogens is 267 g/mol. The molecule has 0 saturated carbocycles. The van der Waals surface area contributed by atoms with Crippen molar-refractivity contribution in [1.29, 1.82) is 0 Å². The van der Waals surface area contributed by atoms with Gasteiger partial charge in [0.05, 0.1) is 12.7 Å². The van der Waals surface area contributed by atoms with Crippen LogP contribution in [-0.4, -0.2) is 37.2 Å². The molecule has 0 aromatic heterocycles. The first-order valence-corrected chi connectivity index (χ1v) is 4.13. The summed E-state index contributed by atoms with van der Waals surface area (Å²) < 4.78 is 0. The molecule has 0 aliphatic heterocycles. The fourth-order valence-corrected chi connectivity index (χ4v) is 0.996. The summed E-state index contributed by atoms with van der Waals surface area (Å²) in [4.78, 5) is 24.0. The van der Waals surface area contributed by atoms with Crippen molar-refractivity contribution in [2.45, 2.75) is 13.0 Å². The van der Waals surface area contributed by atoms with Crippen molar-refractivity contribution in [3.8, 4) is 0 Å². The van der Waals surface area contributed by atoms with Crippen LogP contribution in [0.4, 0.5) is 0 Å². The topological polar surface area (TPSA) is 91.7 Å². The van der Waals surface area contributed by atoms with Crippen LogP contribution >= 0.6 is 0 Å². The van der Waals surface area contributed by atoms with Crippen molar-refractivity contribution >= 4 is 20.4 Å². The zero-order valence-electron chi connectivity index (χ0n) is 9.63. The number of carbonyl (C=O) groups is 3. The van der Waals surface area contributed by atoms with E-state index < -0.39 is 6.10 Å². The van der Waals surface area contributed by atoms with Gasteiger partial charge in [-0.05, 0) is 0 Å². The Hall–Kier alpha value is -1.20. The van der Waals surface area contributed by atoms with Crippen LogP contribution in [0.1, 0.15) is 17.2 Å². The van der Waals surface area contributed by atoms with Gasteiger partial charge in [0.1, 0.15) is 20.4 Å². The van der Waals surface area contributed by atoms with E-state index in [4.69, 9.17) is 24.6 Å². The number of aliphatic hydroxyl groups excluding tert-OH is 2. The molecule has 5 nitrogen and oxygen atoms in total. The summed E-state index contributed by atoms with van der Waals surface area (Å²) in [6.45, 7) is 7.71. The van der Waals surface area contributed by atoms with Gasteiger partial charge in [-0.2, -0.15) is 11.6 Å². The Morgan fingerprint density at radius 2 is 1.65 bits per heavy atom. The number of hydrogen-bond donors (Lipinski definition) is 2. The van der Waals surface area contributed by atoms with E-state index in [0.29, 0.717) is 0 Å². The van der Waals surface area contributed by atoms with Crippen molar-refractivity contribution in [2.24, 2.45) is 0 Å². The van der Waals surface area contributed by atoms with Crippen LogP contribution in [0.15, 0.2) is 18.2 Å². The number of rotatable bonds is 2. The van der Waals surface area contributed by atoms with Gasteiger partial charge in [0, 0.05) is 17.1 Å². The molecule has 0 heterocycles. The Labute approximate surface area is 111 Å². The maximum Gasteiger partial charge on any atom is 0.106 e. The Morgan fingerprint density at radius 3 is 1.88 bits per heavy atom. The van der Waals surface area contributed by atoms with Gasteiger partial charge in [-0.3, -0.25) is 0 Å². The molecule has 0 spiro atoms. The summed E-state index contributed by atoms with van der Waals surface area (Å²) in [6.07, 6.45) is -0.713. The molecule has 0 amide bonds. The molecule has 17 heavy (non-hydrogen) atoms. The molecule has 0 bridgehead atoms. The Balaban J connectivity index is -0.000000106. The van der Waals surface area contributed by atoms with E-state index in [-0.39, 0.29) is 23.7 Å². The second kappa shape index (κ2) is 20.2. The normalized spacial score (nSPS) is 8.65. The maximum absolute atomic E-state index is 9.15. The van der Waals surface area contributed by atoms with Crippen LogP contribution in [0.2, 0.25) is 0 Å². The molecule has 0 aliphatic rings. The van der Waals surface area contributed by atoms with Gasteiger partial charge in [-0.1, -0.05) is 6.92 Å². The minimum absolute atomic E-state index is 0. The number of aliphatic hydroxyl groups is 2. The molecule has 0 aliphatic carbocycles. The van der Waals surface area contributed by atoms with Gasteiger partial charge < -0.3 is 24.6 Å². The van der Waals surface area contributed by atoms with E-state index in [1.54, 1.807) is 0 Å². The largest absolute Gasteiger partial charge is 0.398 e. The zero-order valence-corrected chi connectivity index (χ0v) is 10.8. The fourth-order valence-electron chi connectivity index (χ4n) is 0.996. The molecule has 1 radical (unpaired) electrons. The molecule has 1 rings (SSSR count).